The summed E-state index contributed by atoms with van der Waals surface area (Å²) in [5.74, 6) is -0.356. The third-order valence-corrected chi connectivity index (χ3v) is 3.43. The van der Waals surface area contributed by atoms with Crippen LogP contribution in [0.4, 0.5) is 0 Å². The molecule has 0 aliphatic carbocycles. The minimum Gasteiger partial charge on any atom is -0.478 e. The van der Waals surface area contributed by atoms with Crippen molar-refractivity contribution in [1.82, 2.24) is 14.9 Å². The molecule has 2 N–H and O–H groups in total. The second-order valence-electron chi connectivity index (χ2n) is 4.70. The molecule has 23 heavy (non-hydrogen) atoms. The van der Waals surface area contributed by atoms with Crippen LogP contribution in [0.25, 0.3) is 11.4 Å². The molecule has 2 aromatic carbocycles. The molecule has 114 valence electrons. The van der Waals surface area contributed by atoms with Crippen LogP contribution >= 0.6 is 12.2 Å². The zero-order valence-electron chi connectivity index (χ0n) is 11.9. The monoisotopic (exact) mass is 324 g/mol. The normalized spacial score (nSPS) is 11.0. The first-order valence-electron chi connectivity index (χ1n) is 6.76. The SMILES string of the molecule is O=C(O)c1ccc(/C=N/n2c(-c3ccccc3)n[nH]c2=S)cc1. The maximum atomic E-state index is 10.8. The van der Waals surface area contributed by atoms with Crippen molar-refractivity contribution in [2.45, 2.75) is 0 Å². The van der Waals surface area contributed by atoms with Gasteiger partial charge in [0, 0.05) is 5.56 Å². The van der Waals surface area contributed by atoms with Crippen molar-refractivity contribution in [3.05, 3.63) is 70.5 Å². The van der Waals surface area contributed by atoms with Crippen molar-refractivity contribution in [3.63, 3.8) is 0 Å². The van der Waals surface area contributed by atoms with Gasteiger partial charge >= 0.3 is 5.97 Å². The summed E-state index contributed by atoms with van der Waals surface area (Å²) in [5.41, 5.74) is 1.88. The van der Waals surface area contributed by atoms with Crippen molar-refractivity contribution in [3.8, 4) is 11.4 Å². The molecule has 3 aromatic rings. The van der Waals surface area contributed by atoms with E-state index in [4.69, 9.17) is 17.3 Å². The minimum absolute atomic E-state index is 0.229. The van der Waals surface area contributed by atoms with Crippen molar-refractivity contribution in [2.75, 3.05) is 0 Å². The van der Waals surface area contributed by atoms with Crippen LogP contribution in [0.1, 0.15) is 15.9 Å². The molecular formula is C16H12N4O2S. The van der Waals surface area contributed by atoms with Gasteiger partial charge < -0.3 is 5.11 Å². The molecule has 0 aliphatic rings. The largest absolute Gasteiger partial charge is 0.478 e. The van der Waals surface area contributed by atoms with Crippen LogP contribution in [0.3, 0.4) is 0 Å². The Bertz CT molecular complexity index is 911. The number of H-pyrrole nitrogens is 1. The number of aromatic nitrogens is 3. The lowest BCUT2D eigenvalue weighted by molar-refractivity contribution is 0.0697. The molecule has 0 saturated heterocycles. The van der Waals surface area contributed by atoms with Crippen LogP contribution in [-0.2, 0) is 0 Å². The number of benzene rings is 2. The van der Waals surface area contributed by atoms with Gasteiger partial charge in [-0.05, 0) is 29.9 Å². The predicted molar refractivity (Wildman–Crippen MR) is 89.2 cm³/mol. The van der Waals surface area contributed by atoms with Crippen LogP contribution in [0.5, 0.6) is 0 Å². The number of carboxylic acids is 1. The van der Waals surface area contributed by atoms with Crippen molar-refractivity contribution in [1.29, 1.82) is 0 Å². The first-order chi connectivity index (χ1) is 11.1. The fourth-order valence-corrected chi connectivity index (χ4v) is 2.19. The summed E-state index contributed by atoms with van der Waals surface area (Å²) < 4.78 is 1.90. The summed E-state index contributed by atoms with van der Waals surface area (Å²) in [5, 5.41) is 20.1. The van der Waals surface area contributed by atoms with E-state index in [1.165, 1.54) is 16.8 Å². The van der Waals surface area contributed by atoms with E-state index < -0.39 is 5.97 Å². The van der Waals surface area contributed by atoms with Crippen LogP contribution in [-0.4, -0.2) is 32.2 Å². The van der Waals surface area contributed by atoms with E-state index in [1.54, 1.807) is 18.3 Å². The van der Waals surface area contributed by atoms with Gasteiger partial charge in [-0.25, -0.2) is 9.89 Å². The number of carbonyl (C=O) groups is 1. The first-order valence-corrected chi connectivity index (χ1v) is 7.16. The van der Waals surface area contributed by atoms with E-state index >= 15 is 0 Å². The summed E-state index contributed by atoms with van der Waals surface area (Å²) in [6, 6.07) is 16.0. The van der Waals surface area contributed by atoms with Gasteiger partial charge in [0.25, 0.3) is 0 Å². The van der Waals surface area contributed by atoms with E-state index in [1.807, 2.05) is 30.3 Å². The van der Waals surface area contributed by atoms with E-state index in [0.717, 1.165) is 11.1 Å². The third-order valence-electron chi connectivity index (χ3n) is 3.16. The lowest BCUT2D eigenvalue weighted by atomic mass is 10.1. The Morgan fingerprint density at radius 3 is 2.52 bits per heavy atom. The van der Waals surface area contributed by atoms with Crippen molar-refractivity contribution in [2.24, 2.45) is 5.10 Å². The lowest BCUT2D eigenvalue weighted by Crippen LogP contribution is -1.97. The number of aromatic amines is 1. The van der Waals surface area contributed by atoms with Gasteiger partial charge in [0.1, 0.15) is 0 Å². The molecule has 0 amide bonds. The zero-order chi connectivity index (χ0) is 16.2. The lowest BCUT2D eigenvalue weighted by Gasteiger charge is -2.00. The van der Waals surface area contributed by atoms with Gasteiger partial charge in [0.15, 0.2) is 5.82 Å². The standard InChI is InChI=1S/C16H12N4O2S/c21-15(22)13-8-6-11(7-9-13)10-17-20-14(18-19-16(20)23)12-4-2-1-3-5-12/h1-10H,(H,19,23)(H,21,22)/b17-10+. The molecule has 0 aliphatic heterocycles. The number of hydrogen-bond donors (Lipinski definition) is 2. The van der Waals surface area contributed by atoms with Crippen LogP contribution < -0.4 is 0 Å². The van der Waals surface area contributed by atoms with E-state index in [2.05, 4.69) is 15.3 Å². The molecule has 0 saturated carbocycles. The second-order valence-corrected chi connectivity index (χ2v) is 5.09. The number of nitrogens with zero attached hydrogens (tertiary/aromatic N) is 3. The number of hydrogen-bond acceptors (Lipinski definition) is 4. The van der Waals surface area contributed by atoms with Gasteiger partial charge in [-0.15, -0.1) is 0 Å². The number of carboxylic acid groups (broad SMARTS) is 1. The summed E-state index contributed by atoms with van der Waals surface area (Å²) >= 11 is 5.20. The Morgan fingerprint density at radius 2 is 1.87 bits per heavy atom. The Labute approximate surface area is 136 Å². The Kier molecular flexibility index (Phi) is 4.11. The topological polar surface area (TPSA) is 83.3 Å². The van der Waals surface area contributed by atoms with Gasteiger partial charge in [-0.1, -0.05) is 42.5 Å². The van der Waals surface area contributed by atoms with Crippen molar-refractivity contribution >= 4 is 24.4 Å². The summed E-state index contributed by atoms with van der Waals surface area (Å²) in [6.07, 6.45) is 1.60. The Hall–Kier alpha value is -3.06. The van der Waals surface area contributed by atoms with E-state index in [-0.39, 0.29) is 5.56 Å². The highest BCUT2D eigenvalue weighted by atomic mass is 32.1. The Balaban J connectivity index is 1.93. The third kappa shape index (κ3) is 3.24. The molecule has 6 nitrogen and oxygen atoms in total. The molecule has 1 heterocycles. The smallest absolute Gasteiger partial charge is 0.335 e. The molecule has 0 fully saturated rings. The van der Waals surface area contributed by atoms with Gasteiger partial charge in [-0.3, -0.25) is 0 Å². The molecule has 0 atom stereocenters. The molecule has 0 spiro atoms. The Morgan fingerprint density at radius 1 is 1.17 bits per heavy atom. The predicted octanol–water partition coefficient (Wildman–Crippen LogP) is 3.19. The van der Waals surface area contributed by atoms with Crippen LogP contribution in [0.2, 0.25) is 0 Å². The average Bonchev–Trinajstić information content (AvgIpc) is 2.95. The number of aromatic carboxylic acids is 1. The van der Waals surface area contributed by atoms with E-state index in [9.17, 15) is 4.79 Å². The molecule has 0 bridgehead atoms. The number of nitrogens with one attached hydrogen (secondary N) is 1. The fourth-order valence-electron chi connectivity index (χ4n) is 2.01. The average molecular weight is 324 g/mol. The van der Waals surface area contributed by atoms with Crippen LogP contribution in [0, 0.1) is 4.77 Å². The molecule has 3 rings (SSSR count). The minimum atomic E-state index is -0.961. The molecule has 7 heteroatoms. The fraction of sp³-hybridized carbons (Fsp3) is 0. The summed E-state index contributed by atoms with van der Waals surface area (Å²) in [4.78, 5) is 10.8. The molecule has 0 unspecified atom stereocenters. The molecular weight excluding hydrogens is 312 g/mol. The van der Waals surface area contributed by atoms with Gasteiger partial charge in [0.05, 0.1) is 11.8 Å². The maximum absolute atomic E-state index is 10.8. The second kappa shape index (κ2) is 6.37. The maximum Gasteiger partial charge on any atom is 0.335 e. The summed E-state index contributed by atoms with van der Waals surface area (Å²) in [7, 11) is 0. The zero-order valence-corrected chi connectivity index (χ0v) is 12.7. The molecule has 1 aromatic heterocycles. The highest BCUT2D eigenvalue weighted by Crippen LogP contribution is 2.16. The van der Waals surface area contributed by atoms with E-state index in [0.29, 0.717) is 10.6 Å². The highest BCUT2D eigenvalue weighted by molar-refractivity contribution is 7.71. The first kappa shape index (κ1) is 14.9. The van der Waals surface area contributed by atoms with Crippen LogP contribution in [0.15, 0.2) is 59.7 Å². The highest BCUT2D eigenvalue weighted by Gasteiger charge is 2.07. The summed E-state index contributed by atoms with van der Waals surface area (Å²) in [6.45, 7) is 0. The quantitative estimate of drug-likeness (QED) is 0.570. The van der Waals surface area contributed by atoms with Crippen molar-refractivity contribution < 1.29 is 9.90 Å². The van der Waals surface area contributed by atoms with Gasteiger partial charge in [-0.2, -0.15) is 14.9 Å². The van der Waals surface area contributed by atoms with Gasteiger partial charge in [0.2, 0.25) is 4.77 Å². The molecule has 0 radical (unpaired) electrons. The number of rotatable bonds is 4.